The van der Waals surface area contributed by atoms with E-state index in [4.69, 9.17) is 14.2 Å². The first-order valence-corrected chi connectivity index (χ1v) is 15.7. The van der Waals surface area contributed by atoms with Gasteiger partial charge in [0.05, 0.1) is 27.2 Å². The molecule has 0 spiro atoms. The van der Waals surface area contributed by atoms with Gasteiger partial charge >= 0.3 is 0 Å². The highest BCUT2D eigenvalue weighted by molar-refractivity contribution is 6.06. The van der Waals surface area contributed by atoms with Crippen LogP contribution in [0, 0.1) is 12.8 Å². The quantitative estimate of drug-likeness (QED) is 0.125. The van der Waals surface area contributed by atoms with Crippen LogP contribution in [0.2, 0.25) is 0 Å². The van der Waals surface area contributed by atoms with Gasteiger partial charge in [-0.25, -0.2) is 0 Å². The number of phenols is 4. The van der Waals surface area contributed by atoms with Crippen LogP contribution in [0.25, 0.3) is 6.08 Å². The molecule has 0 heterocycles. The van der Waals surface area contributed by atoms with E-state index < -0.39 is 23.7 Å². The van der Waals surface area contributed by atoms with Crippen molar-refractivity contribution in [2.75, 3.05) is 34.4 Å². The number of hydrogen-bond donors (Lipinski definition) is 6. The molecular weight excluding hydrogens is 628 g/mol. The minimum absolute atomic E-state index is 0.0653. The number of carbonyl (C=O) groups excluding carboxylic acids is 2. The molecular formula is C38H40N2O9. The van der Waals surface area contributed by atoms with E-state index >= 15 is 0 Å². The van der Waals surface area contributed by atoms with Crippen molar-refractivity contribution in [2.24, 2.45) is 5.92 Å². The predicted molar refractivity (Wildman–Crippen MR) is 184 cm³/mol. The second-order valence-electron chi connectivity index (χ2n) is 11.8. The SMILES string of the molecule is COc1cc(C2c3c(cc(OC)c(O)c3OC)C=C(C(=O)NCCc3ccc(O)cc3)C2C(=O)NCCc2ccc(O)cc2)cc(C)c1O. The number of aromatic hydroxyl groups is 4. The Balaban J connectivity index is 1.61. The largest absolute Gasteiger partial charge is 0.508 e. The monoisotopic (exact) mass is 668 g/mol. The van der Waals surface area contributed by atoms with Crippen LogP contribution in [-0.2, 0) is 22.4 Å². The van der Waals surface area contributed by atoms with Gasteiger partial charge in [-0.3, -0.25) is 9.59 Å². The third-order valence-electron chi connectivity index (χ3n) is 8.70. The number of aryl methyl sites for hydroxylation is 1. The molecule has 6 N–H and O–H groups in total. The van der Waals surface area contributed by atoms with Crippen LogP contribution in [0.3, 0.4) is 0 Å². The van der Waals surface area contributed by atoms with Gasteiger partial charge in [-0.05, 0) is 90.1 Å². The number of phenolic OH excluding ortho intramolecular Hbond substituents is 4. The number of ether oxygens (including phenoxy) is 3. The number of nitrogens with one attached hydrogen (secondary N) is 2. The summed E-state index contributed by atoms with van der Waals surface area (Å²) in [6, 6.07) is 18.3. The first-order valence-electron chi connectivity index (χ1n) is 15.7. The van der Waals surface area contributed by atoms with Crippen LogP contribution >= 0.6 is 0 Å². The highest BCUT2D eigenvalue weighted by atomic mass is 16.5. The topological polar surface area (TPSA) is 167 Å². The summed E-state index contributed by atoms with van der Waals surface area (Å²) in [7, 11) is 4.22. The molecule has 0 aromatic heterocycles. The van der Waals surface area contributed by atoms with E-state index in [1.807, 2.05) is 0 Å². The number of rotatable bonds is 12. The van der Waals surface area contributed by atoms with Crippen molar-refractivity contribution in [1.29, 1.82) is 0 Å². The van der Waals surface area contributed by atoms with Gasteiger partial charge in [0.25, 0.3) is 0 Å². The van der Waals surface area contributed by atoms with E-state index in [-0.39, 0.29) is 58.9 Å². The van der Waals surface area contributed by atoms with Crippen molar-refractivity contribution in [3.8, 4) is 40.2 Å². The highest BCUT2D eigenvalue weighted by Gasteiger charge is 2.43. The summed E-state index contributed by atoms with van der Waals surface area (Å²) < 4.78 is 16.6. The lowest BCUT2D eigenvalue weighted by Crippen LogP contribution is -2.42. The van der Waals surface area contributed by atoms with Gasteiger partial charge < -0.3 is 45.3 Å². The van der Waals surface area contributed by atoms with E-state index in [2.05, 4.69) is 10.6 Å². The van der Waals surface area contributed by atoms with Crippen LogP contribution < -0.4 is 24.8 Å². The van der Waals surface area contributed by atoms with E-state index in [1.165, 1.54) is 21.3 Å². The summed E-state index contributed by atoms with van der Waals surface area (Å²) in [6.45, 7) is 2.19. The molecule has 0 saturated heterocycles. The van der Waals surface area contributed by atoms with Crippen molar-refractivity contribution < 1.29 is 44.2 Å². The van der Waals surface area contributed by atoms with Crippen molar-refractivity contribution in [1.82, 2.24) is 10.6 Å². The molecule has 0 radical (unpaired) electrons. The molecule has 5 rings (SSSR count). The van der Waals surface area contributed by atoms with Crippen LogP contribution in [0.4, 0.5) is 0 Å². The number of benzene rings is 4. The molecule has 0 saturated carbocycles. The predicted octanol–water partition coefficient (Wildman–Crippen LogP) is 4.71. The molecule has 2 atom stereocenters. The molecule has 49 heavy (non-hydrogen) atoms. The fraction of sp³-hybridized carbons (Fsp3) is 0.263. The van der Waals surface area contributed by atoms with E-state index in [0.29, 0.717) is 35.1 Å². The summed E-state index contributed by atoms with van der Waals surface area (Å²) in [4.78, 5) is 28.5. The second-order valence-corrected chi connectivity index (χ2v) is 11.8. The maximum Gasteiger partial charge on any atom is 0.248 e. The first-order chi connectivity index (χ1) is 23.6. The van der Waals surface area contributed by atoms with Gasteiger partial charge in [-0.1, -0.05) is 30.3 Å². The summed E-state index contributed by atoms with van der Waals surface area (Å²) in [6.07, 6.45) is 2.55. The fourth-order valence-electron chi connectivity index (χ4n) is 6.22. The standard InChI is InChI=1S/C38H40N2O9/c1-21-17-24(19-29(47-2)34(21)43)31-32-25(20-30(48-3)35(44)36(32)49-4)18-28(37(45)39-15-13-22-5-9-26(41)10-6-22)33(31)38(46)40-16-14-23-7-11-27(42)12-8-23/h5-12,17-20,31,33,41-44H,13-16H2,1-4H3,(H,39,45)(H,40,46). The molecule has 2 amide bonds. The molecule has 11 heteroatoms. The minimum Gasteiger partial charge on any atom is -0.508 e. The van der Waals surface area contributed by atoms with Crippen molar-refractivity contribution in [3.05, 3.63) is 106 Å². The average molecular weight is 669 g/mol. The van der Waals surface area contributed by atoms with Gasteiger partial charge in [-0.15, -0.1) is 0 Å². The van der Waals surface area contributed by atoms with Crippen LogP contribution in [-0.4, -0.2) is 66.7 Å². The van der Waals surface area contributed by atoms with E-state index in [0.717, 1.165) is 11.1 Å². The molecule has 0 bridgehead atoms. The van der Waals surface area contributed by atoms with Gasteiger partial charge in [-0.2, -0.15) is 0 Å². The van der Waals surface area contributed by atoms with Gasteiger partial charge in [0.1, 0.15) is 11.5 Å². The molecule has 0 fully saturated rings. The zero-order valence-corrected chi connectivity index (χ0v) is 27.7. The highest BCUT2D eigenvalue weighted by Crippen LogP contribution is 2.53. The van der Waals surface area contributed by atoms with Gasteiger partial charge in [0, 0.05) is 30.1 Å². The Labute approximate surface area is 284 Å². The fourth-order valence-corrected chi connectivity index (χ4v) is 6.22. The molecule has 1 aliphatic rings. The maximum absolute atomic E-state index is 14.4. The Morgan fingerprint density at radius 3 is 1.82 bits per heavy atom. The van der Waals surface area contributed by atoms with Crippen molar-refractivity contribution in [3.63, 3.8) is 0 Å². The molecule has 2 unspecified atom stereocenters. The Morgan fingerprint density at radius 2 is 1.27 bits per heavy atom. The molecule has 4 aromatic rings. The molecule has 0 aliphatic heterocycles. The Kier molecular flexibility index (Phi) is 10.5. The lowest BCUT2D eigenvalue weighted by Gasteiger charge is -2.35. The summed E-state index contributed by atoms with van der Waals surface area (Å²) in [5.41, 5.74) is 3.93. The van der Waals surface area contributed by atoms with Crippen LogP contribution in [0.15, 0.2) is 72.3 Å². The number of carbonyl (C=O) groups is 2. The number of fused-ring (bicyclic) bond motifs is 1. The Hall–Kier alpha value is -5.84. The lowest BCUT2D eigenvalue weighted by molar-refractivity contribution is -0.127. The van der Waals surface area contributed by atoms with Gasteiger partial charge in [0.2, 0.25) is 17.6 Å². The third kappa shape index (κ3) is 7.35. The lowest BCUT2D eigenvalue weighted by atomic mass is 9.70. The summed E-state index contributed by atoms with van der Waals surface area (Å²) in [5.74, 6) is -2.60. The minimum atomic E-state index is -1.11. The smallest absolute Gasteiger partial charge is 0.248 e. The van der Waals surface area contributed by atoms with Crippen molar-refractivity contribution >= 4 is 17.9 Å². The zero-order chi connectivity index (χ0) is 35.2. The molecule has 256 valence electrons. The molecule has 1 aliphatic carbocycles. The number of amides is 2. The van der Waals surface area contributed by atoms with E-state index in [1.54, 1.807) is 79.7 Å². The van der Waals surface area contributed by atoms with Gasteiger partial charge in [0.15, 0.2) is 23.0 Å². The average Bonchev–Trinajstić information content (AvgIpc) is 3.10. The maximum atomic E-state index is 14.4. The Bertz CT molecular complexity index is 1870. The normalized spacial score (nSPS) is 15.1. The number of methoxy groups -OCH3 is 3. The second kappa shape index (κ2) is 14.9. The third-order valence-corrected chi connectivity index (χ3v) is 8.70. The Morgan fingerprint density at radius 1 is 0.714 bits per heavy atom. The zero-order valence-electron chi connectivity index (χ0n) is 27.7. The van der Waals surface area contributed by atoms with Crippen LogP contribution in [0.5, 0.6) is 40.2 Å². The molecule has 4 aromatic carbocycles. The van der Waals surface area contributed by atoms with Crippen molar-refractivity contribution in [2.45, 2.75) is 25.7 Å². The first kappa shape index (κ1) is 34.5. The summed E-state index contributed by atoms with van der Waals surface area (Å²) in [5, 5.41) is 47.1. The number of hydrogen-bond acceptors (Lipinski definition) is 9. The van der Waals surface area contributed by atoms with Crippen LogP contribution in [0.1, 0.15) is 39.3 Å². The van der Waals surface area contributed by atoms with E-state index in [9.17, 15) is 30.0 Å². The summed E-state index contributed by atoms with van der Waals surface area (Å²) >= 11 is 0. The molecule has 11 nitrogen and oxygen atoms in total.